The van der Waals surface area contributed by atoms with Gasteiger partial charge in [0.2, 0.25) is 16.7 Å². The number of carbonyl (C=O) groups is 1. The van der Waals surface area contributed by atoms with Crippen LogP contribution in [0.4, 0.5) is 0 Å². The molecular weight excluding hydrogens is 320 g/mol. The van der Waals surface area contributed by atoms with E-state index in [4.69, 9.17) is 5.11 Å². The molecule has 8 heteroatoms. The molecule has 0 aliphatic carbocycles. The van der Waals surface area contributed by atoms with Crippen molar-refractivity contribution >= 4 is 28.9 Å². The van der Waals surface area contributed by atoms with E-state index in [0.29, 0.717) is 5.56 Å². The van der Waals surface area contributed by atoms with Crippen molar-refractivity contribution in [2.24, 2.45) is 5.10 Å². The van der Waals surface area contributed by atoms with Gasteiger partial charge in [-0.1, -0.05) is 46.0 Å². The second kappa shape index (κ2) is 6.21. The monoisotopic (exact) mass is 342 g/mol. The minimum Gasteiger partial charge on any atom is -0.478 e. The van der Waals surface area contributed by atoms with Crippen molar-refractivity contribution in [1.29, 1.82) is 0 Å². The summed E-state index contributed by atoms with van der Waals surface area (Å²) in [4.78, 5) is 13.0. The third kappa shape index (κ3) is 3.95. The van der Waals surface area contributed by atoms with E-state index in [2.05, 4.69) is 9.93 Å². The summed E-state index contributed by atoms with van der Waals surface area (Å²) in [6.45, 7) is 9.30. The molecule has 0 bridgehead atoms. The van der Waals surface area contributed by atoms with E-state index in [-0.39, 0.29) is 10.6 Å². The predicted molar refractivity (Wildman–Crippen MR) is 90.2 cm³/mol. The molecule has 0 aliphatic rings. The van der Waals surface area contributed by atoms with Crippen LogP contribution in [0.2, 0.25) is 18.1 Å². The Bertz CT molecular complexity index is 674. The summed E-state index contributed by atoms with van der Waals surface area (Å²) in [6, 6.07) is 6.00. The van der Waals surface area contributed by atoms with Gasteiger partial charge in [-0.25, -0.2) is 18.0 Å². The number of rotatable bonds is 5. The minimum atomic E-state index is -3.51. The number of carboxylic acid groups (broad SMARTS) is 1. The average Bonchev–Trinajstić information content (AvgIpc) is 2.37. The number of hydrogen-bond donors (Lipinski definition) is 2. The number of aromatic carboxylic acids is 1. The highest BCUT2D eigenvalue weighted by Gasteiger charge is 2.48. The first-order chi connectivity index (χ1) is 9.88. The first-order valence-electron chi connectivity index (χ1n) is 6.76. The zero-order chi connectivity index (χ0) is 17.2. The molecule has 0 unspecified atom stereocenters. The first-order valence-corrected chi connectivity index (χ1v) is 12.0. The quantitative estimate of drug-likeness (QED) is 0.488. The molecule has 0 radical (unpaired) electrons. The molecule has 22 heavy (non-hydrogen) atoms. The summed E-state index contributed by atoms with van der Waals surface area (Å²) >= 11 is 0. The van der Waals surface area contributed by atoms with E-state index in [0.717, 1.165) is 0 Å². The Hall–Kier alpha value is -1.67. The molecule has 2 N–H and O–H groups in total. The summed E-state index contributed by atoms with van der Waals surface area (Å²) in [5.74, 6) is -1.01. The van der Waals surface area contributed by atoms with Gasteiger partial charge in [-0.3, -0.25) is 0 Å². The van der Waals surface area contributed by atoms with Crippen molar-refractivity contribution in [3.05, 3.63) is 35.4 Å². The molecule has 0 atom stereocenters. The molecule has 0 amide bonds. The zero-order valence-electron chi connectivity index (χ0n) is 13.4. The van der Waals surface area contributed by atoms with Crippen molar-refractivity contribution in [3.8, 4) is 0 Å². The SMILES string of the molecule is CC(C)(C)[Si](C)(C)S(=O)(=O)NN=Cc1ccc(C(=O)O)cc1. The molecule has 0 heterocycles. The van der Waals surface area contributed by atoms with E-state index in [1.807, 2.05) is 20.8 Å². The highest BCUT2D eigenvalue weighted by Crippen LogP contribution is 2.38. The Morgan fingerprint density at radius 1 is 1.23 bits per heavy atom. The normalized spacial score (nSPS) is 13.3. The lowest BCUT2D eigenvalue weighted by Crippen LogP contribution is -2.50. The highest BCUT2D eigenvalue weighted by molar-refractivity contribution is 8.20. The lowest BCUT2D eigenvalue weighted by Gasteiger charge is -2.34. The molecule has 1 rings (SSSR count). The van der Waals surface area contributed by atoms with Gasteiger partial charge < -0.3 is 5.11 Å². The van der Waals surface area contributed by atoms with Crippen molar-refractivity contribution in [2.75, 3.05) is 0 Å². The molecule has 0 aromatic heterocycles. The lowest BCUT2D eigenvalue weighted by atomic mass is 10.1. The molecule has 0 fully saturated rings. The molecule has 1 aromatic rings. The van der Waals surface area contributed by atoms with Gasteiger partial charge in [-0.2, -0.15) is 5.10 Å². The van der Waals surface area contributed by atoms with Crippen LogP contribution < -0.4 is 4.83 Å². The van der Waals surface area contributed by atoms with E-state index < -0.39 is 22.7 Å². The number of benzene rings is 1. The Morgan fingerprint density at radius 2 is 1.73 bits per heavy atom. The zero-order valence-corrected chi connectivity index (χ0v) is 15.2. The fourth-order valence-corrected chi connectivity index (χ4v) is 5.89. The third-order valence-corrected chi connectivity index (χ3v) is 15.5. The standard InChI is InChI=1S/C14H22N2O4SSi/c1-14(2,3)22(4,5)21(19,20)16-15-10-11-6-8-12(9-7-11)13(17)18/h6-10,16H,1-5H3,(H,17,18). The number of hydrazone groups is 1. The Morgan fingerprint density at radius 3 is 2.14 bits per heavy atom. The lowest BCUT2D eigenvalue weighted by molar-refractivity contribution is 0.0697. The third-order valence-electron chi connectivity index (χ3n) is 4.02. The molecule has 0 saturated heterocycles. The van der Waals surface area contributed by atoms with Gasteiger partial charge in [-0.15, -0.1) is 0 Å². The Labute approximate surface area is 132 Å². The van der Waals surface area contributed by atoms with Crippen LogP contribution in [-0.4, -0.2) is 32.9 Å². The fraction of sp³-hybridized carbons (Fsp3) is 0.429. The summed E-state index contributed by atoms with van der Waals surface area (Å²) < 4.78 is 24.8. The van der Waals surface area contributed by atoms with Crippen LogP contribution in [0, 0.1) is 0 Å². The van der Waals surface area contributed by atoms with Crippen LogP contribution in [0.15, 0.2) is 29.4 Å². The molecule has 0 saturated carbocycles. The van der Waals surface area contributed by atoms with Gasteiger partial charge in [0.25, 0.3) is 0 Å². The van der Waals surface area contributed by atoms with E-state index in [1.165, 1.54) is 18.3 Å². The molecule has 1 aromatic carbocycles. The van der Waals surface area contributed by atoms with Crippen LogP contribution >= 0.6 is 0 Å². The van der Waals surface area contributed by atoms with Crippen LogP contribution in [0.3, 0.4) is 0 Å². The van der Waals surface area contributed by atoms with Gasteiger partial charge in [-0.05, 0) is 22.7 Å². The maximum atomic E-state index is 12.4. The maximum Gasteiger partial charge on any atom is 0.335 e. The van der Waals surface area contributed by atoms with Crippen molar-refractivity contribution in [1.82, 2.24) is 4.83 Å². The molecule has 122 valence electrons. The topological polar surface area (TPSA) is 95.8 Å². The van der Waals surface area contributed by atoms with E-state index in [1.54, 1.807) is 25.2 Å². The average molecular weight is 342 g/mol. The van der Waals surface area contributed by atoms with Crippen molar-refractivity contribution in [3.63, 3.8) is 0 Å². The van der Waals surface area contributed by atoms with Gasteiger partial charge >= 0.3 is 5.97 Å². The first kappa shape index (κ1) is 18.4. The second-order valence-corrected chi connectivity index (χ2v) is 16.9. The molecule has 0 spiro atoms. The minimum absolute atomic E-state index is 0.166. The van der Waals surface area contributed by atoms with Gasteiger partial charge in [0.15, 0.2) is 0 Å². The summed E-state index contributed by atoms with van der Waals surface area (Å²) in [5.41, 5.74) is 0.780. The van der Waals surface area contributed by atoms with Crippen molar-refractivity contribution in [2.45, 2.75) is 38.9 Å². The van der Waals surface area contributed by atoms with Crippen LogP contribution in [0.5, 0.6) is 0 Å². The Kier molecular flexibility index (Phi) is 5.19. The van der Waals surface area contributed by atoms with Gasteiger partial charge in [0.1, 0.15) is 0 Å². The fourth-order valence-electron chi connectivity index (χ4n) is 1.40. The van der Waals surface area contributed by atoms with E-state index in [9.17, 15) is 13.2 Å². The van der Waals surface area contributed by atoms with Gasteiger partial charge in [0.05, 0.1) is 11.8 Å². The summed E-state index contributed by atoms with van der Waals surface area (Å²) in [7, 11) is -6.14. The molecule has 6 nitrogen and oxygen atoms in total. The Balaban J connectivity index is 2.87. The van der Waals surface area contributed by atoms with Gasteiger partial charge in [0, 0.05) is 0 Å². The number of carboxylic acids is 1. The summed E-state index contributed by atoms with van der Waals surface area (Å²) in [5, 5.41) is 12.3. The van der Waals surface area contributed by atoms with Crippen molar-refractivity contribution < 1.29 is 18.3 Å². The highest BCUT2D eigenvalue weighted by atomic mass is 32.4. The number of nitrogens with zero attached hydrogens (tertiary/aromatic N) is 1. The maximum absolute atomic E-state index is 12.4. The number of hydrogen-bond acceptors (Lipinski definition) is 4. The van der Waals surface area contributed by atoms with Crippen LogP contribution in [0.1, 0.15) is 36.7 Å². The smallest absolute Gasteiger partial charge is 0.335 e. The molecule has 0 aliphatic heterocycles. The molecular formula is C14H22N2O4SSi. The number of nitrogens with one attached hydrogen (secondary N) is 1. The predicted octanol–water partition coefficient (Wildman–Crippen LogP) is 2.64. The van der Waals surface area contributed by atoms with Crippen LogP contribution in [-0.2, 0) is 9.47 Å². The van der Waals surface area contributed by atoms with Crippen LogP contribution in [0.25, 0.3) is 0 Å². The summed E-state index contributed by atoms with van der Waals surface area (Å²) in [6.07, 6.45) is 1.36. The largest absolute Gasteiger partial charge is 0.478 e. The second-order valence-electron chi connectivity index (χ2n) is 6.54. The van der Waals surface area contributed by atoms with E-state index >= 15 is 0 Å².